The van der Waals surface area contributed by atoms with Crippen molar-refractivity contribution in [2.24, 2.45) is 0 Å². The van der Waals surface area contributed by atoms with Gasteiger partial charge in [0.25, 0.3) is 0 Å². The number of hydrogen-bond acceptors (Lipinski definition) is 4. The zero-order chi connectivity index (χ0) is 18.3. The maximum atomic E-state index is 13.0. The smallest absolute Gasteiger partial charge is 0.230 e. The molecule has 2 aromatic heterocycles. The molecular formula is C20H24N4OS. The van der Waals surface area contributed by atoms with Gasteiger partial charge in [0.2, 0.25) is 5.91 Å². The Morgan fingerprint density at radius 1 is 1.27 bits per heavy atom. The van der Waals surface area contributed by atoms with Gasteiger partial charge < -0.3 is 9.47 Å². The second-order valence-corrected chi connectivity index (χ2v) is 8.48. The predicted molar refractivity (Wildman–Crippen MR) is 105 cm³/mol. The van der Waals surface area contributed by atoms with E-state index in [1.165, 1.54) is 10.1 Å². The molecule has 5 nitrogen and oxygen atoms in total. The van der Waals surface area contributed by atoms with Gasteiger partial charge in [0, 0.05) is 34.6 Å². The molecule has 1 fully saturated rings. The minimum atomic E-state index is -0.103. The van der Waals surface area contributed by atoms with Crippen LogP contribution in [0.2, 0.25) is 0 Å². The lowest BCUT2D eigenvalue weighted by Gasteiger charge is -2.20. The second kappa shape index (κ2) is 6.83. The first-order valence-corrected chi connectivity index (χ1v) is 10.0. The predicted octanol–water partition coefficient (Wildman–Crippen LogP) is 4.19. The molecule has 2 unspecified atom stereocenters. The van der Waals surface area contributed by atoms with Gasteiger partial charge in [0.15, 0.2) is 0 Å². The van der Waals surface area contributed by atoms with E-state index in [2.05, 4.69) is 46.8 Å². The zero-order valence-corrected chi connectivity index (χ0v) is 16.2. The summed E-state index contributed by atoms with van der Waals surface area (Å²) in [6.45, 7) is 7.82. The lowest BCUT2D eigenvalue weighted by molar-refractivity contribution is -0.131. The standard InChI is InChI=1S/C20H24N4OS/c1-13(2)24-12-21-22-19(24)16-8-9-23(11-16)20(25)14(3)18-10-15-6-4-5-7-17(15)26-18/h4-7,10,12-14,16H,8-9,11H2,1-3H3. The summed E-state index contributed by atoms with van der Waals surface area (Å²) in [6.07, 6.45) is 2.75. The number of aromatic nitrogens is 3. The van der Waals surface area contributed by atoms with Crippen LogP contribution in [0.4, 0.5) is 0 Å². The lowest BCUT2D eigenvalue weighted by Crippen LogP contribution is -2.32. The number of benzene rings is 1. The fraction of sp³-hybridized carbons (Fsp3) is 0.450. The van der Waals surface area contributed by atoms with Crippen LogP contribution in [0.15, 0.2) is 36.7 Å². The van der Waals surface area contributed by atoms with E-state index in [4.69, 9.17) is 0 Å². The van der Waals surface area contributed by atoms with Crippen molar-refractivity contribution in [3.63, 3.8) is 0 Å². The highest BCUT2D eigenvalue weighted by atomic mass is 32.1. The fourth-order valence-corrected chi connectivity index (χ4v) is 4.83. The van der Waals surface area contributed by atoms with Crippen molar-refractivity contribution >= 4 is 27.3 Å². The van der Waals surface area contributed by atoms with Gasteiger partial charge in [-0.1, -0.05) is 18.2 Å². The van der Waals surface area contributed by atoms with Crippen LogP contribution in [0.5, 0.6) is 0 Å². The number of fused-ring (bicyclic) bond motifs is 1. The highest BCUT2D eigenvalue weighted by Crippen LogP contribution is 2.34. The third kappa shape index (κ3) is 3.03. The molecule has 1 aromatic carbocycles. The van der Waals surface area contributed by atoms with Crippen molar-refractivity contribution in [1.29, 1.82) is 0 Å². The van der Waals surface area contributed by atoms with Crippen LogP contribution in [0.25, 0.3) is 10.1 Å². The molecule has 6 heteroatoms. The van der Waals surface area contributed by atoms with Crippen molar-refractivity contribution < 1.29 is 4.79 Å². The highest BCUT2D eigenvalue weighted by Gasteiger charge is 2.33. The minimum absolute atomic E-state index is 0.103. The minimum Gasteiger partial charge on any atom is -0.341 e. The molecule has 0 spiro atoms. The van der Waals surface area contributed by atoms with Crippen LogP contribution in [-0.4, -0.2) is 38.7 Å². The molecule has 26 heavy (non-hydrogen) atoms. The summed E-state index contributed by atoms with van der Waals surface area (Å²) in [4.78, 5) is 16.2. The van der Waals surface area contributed by atoms with Crippen molar-refractivity contribution in [1.82, 2.24) is 19.7 Å². The van der Waals surface area contributed by atoms with Crippen LogP contribution in [0.3, 0.4) is 0 Å². The van der Waals surface area contributed by atoms with E-state index in [0.717, 1.165) is 30.2 Å². The van der Waals surface area contributed by atoms with Crippen molar-refractivity contribution in [3.05, 3.63) is 47.4 Å². The normalized spacial score (nSPS) is 18.8. The van der Waals surface area contributed by atoms with E-state index >= 15 is 0 Å². The van der Waals surface area contributed by atoms with Crippen molar-refractivity contribution in [2.45, 2.75) is 45.1 Å². The zero-order valence-electron chi connectivity index (χ0n) is 15.4. The van der Waals surface area contributed by atoms with E-state index < -0.39 is 0 Å². The Labute approximate surface area is 157 Å². The monoisotopic (exact) mass is 368 g/mol. The summed E-state index contributed by atoms with van der Waals surface area (Å²) in [5.74, 6) is 1.40. The maximum absolute atomic E-state index is 13.0. The molecule has 1 saturated heterocycles. The lowest BCUT2D eigenvalue weighted by atomic mass is 10.1. The molecule has 3 heterocycles. The molecule has 2 atom stereocenters. The molecule has 0 aliphatic carbocycles. The SMILES string of the molecule is CC(C(=O)N1CCC(c2nncn2C(C)C)C1)c1cc2ccccc2s1. The Morgan fingerprint density at radius 2 is 2.08 bits per heavy atom. The largest absolute Gasteiger partial charge is 0.341 e. The van der Waals surface area contributed by atoms with Crippen molar-refractivity contribution in [3.8, 4) is 0 Å². The number of amides is 1. The first kappa shape index (κ1) is 17.2. The maximum Gasteiger partial charge on any atom is 0.230 e. The summed E-state index contributed by atoms with van der Waals surface area (Å²) < 4.78 is 3.36. The summed E-state index contributed by atoms with van der Waals surface area (Å²) in [7, 11) is 0. The molecule has 1 aliphatic rings. The van der Waals surface area contributed by atoms with Gasteiger partial charge >= 0.3 is 0 Å². The quantitative estimate of drug-likeness (QED) is 0.694. The number of thiophene rings is 1. The van der Waals surface area contributed by atoms with Gasteiger partial charge in [-0.3, -0.25) is 4.79 Å². The third-order valence-electron chi connectivity index (χ3n) is 5.26. The second-order valence-electron chi connectivity index (χ2n) is 7.37. The van der Waals surface area contributed by atoms with E-state index in [1.54, 1.807) is 17.7 Å². The third-order valence-corrected chi connectivity index (χ3v) is 6.56. The molecule has 4 rings (SSSR count). The van der Waals surface area contributed by atoms with Crippen LogP contribution in [0.1, 0.15) is 55.8 Å². The van der Waals surface area contributed by atoms with Gasteiger partial charge in [0.05, 0.1) is 5.92 Å². The number of nitrogens with zero attached hydrogens (tertiary/aromatic N) is 4. The number of likely N-dealkylation sites (tertiary alicyclic amines) is 1. The van der Waals surface area contributed by atoms with Gasteiger partial charge in [-0.2, -0.15) is 0 Å². The summed E-state index contributed by atoms with van der Waals surface area (Å²) in [5.41, 5.74) is 0. The van der Waals surface area contributed by atoms with Crippen LogP contribution >= 0.6 is 11.3 Å². The molecule has 3 aromatic rings. The van der Waals surface area contributed by atoms with Gasteiger partial charge in [-0.15, -0.1) is 21.5 Å². The molecule has 0 N–H and O–H groups in total. The number of carbonyl (C=O) groups is 1. The molecule has 0 bridgehead atoms. The Bertz CT molecular complexity index is 896. The van der Waals surface area contributed by atoms with Crippen LogP contribution < -0.4 is 0 Å². The molecular weight excluding hydrogens is 344 g/mol. The van der Waals surface area contributed by atoms with Gasteiger partial charge in [-0.25, -0.2) is 0 Å². The Kier molecular flexibility index (Phi) is 4.53. The average Bonchev–Trinajstić information content (AvgIpc) is 3.37. The molecule has 1 amide bonds. The number of hydrogen-bond donors (Lipinski definition) is 0. The first-order chi connectivity index (χ1) is 12.5. The van der Waals surface area contributed by atoms with Crippen LogP contribution in [-0.2, 0) is 4.79 Å². The number of rotatable bonds is 4. The van der Waals surface area contributed by atoms with Crippen LogP contribution in [0, 0.1) is 0 Å². The highest BCUT2D eigenvalue weighted by molar-refractivity contribution is 7.19. The molecule has 1 aliphatic heterocycles. The molecule has 136 valence electrons. The van der Waals surface area contributed by atoms with E-state index in [9.17, 15) is 4.79 Å². The summed E-state index contributed by atoms with van der Waals surface area (Å²) >= 11 is 1.72. The van der Waals surface area contributed by atoms with E-state index in [0.29, 0.717) is 6.04 Å². The van der Waals surface area contributed by atoms with Gasteiger partial charge in [0.1, 0.15) is 12.2 Å². The van der Waals surface area contributed by atoms with E-state index in [-0.39, 0.29) is 17.7 Å². The van der Waals surface area contributed by atoms with E-state index in [1.807, 2.05) is 24.0 Å². The topological polar surface area (TPSA) is 51.0 Å². The Morgan fingerprint density at radius 3 is 2.85 bits per heavy atom. The Balaban J connectivity index is 1.49. The summed E-state index contributed by atoms with van der Waals surface area (Å²) in [5, 5.41) is 9.62. The van der Waals surface area contributed by atoms with Crippen molar-refractivity contribution in [2.75, 3.05) is 13.1 Å². The molecule has 0 radical (unpaired) electrons. The summed E-state index contributed by atoms with van der Waals surface area (Å²) in [6, 6.07) is 10.8. The Hall–Kier alpha value is -2.21. The first-order valence-electron chi connectivity index (χ1n) is 9.21. The number of carbonyl (C=O) groups excluding carboxylic acids is 1. The average molecular weight is 369 g/mol. The van der Waals surface area contributed by atoms with Gasteiger partial charge in [-0.05, 0) is 44.7 Å². The molecule has 0 saturated carbocycles. The fourth-order valence-electron chi connectivity index (χ4n) is 3.72.